The fourth-order valence-electron chi connectivity index (χ4n) is 7.11. The van der Waals surface area contributed by atoms with E-state index in [4.69, 9.17) is 0 Å². The molecule has 0 aliphatic heterocycles. The lowest BCUT2D eigenvalue weighted by atomic mass is 9.93. The summed E-state index contributed by atoms with van der Waals surface area (Å²) in [6, 6.07) is 60.2. The van der Waals surface area contributed by atoms with Crippen LogP contribution < -0.4 is 0 Å². The Morgan fingerprint density at radius 3 is 1.37 bits per heavy atom. The topological polar surface area (TPSA) is 33.6 Å². The third kappa shape index (κ3) is 3.98. The highest BCUT2D eigenvalue weighted by Crippen LogP contribution is 2.39. The lowest BCUT2D eigenvalue weighted by Crippen LogP contribution is -1.97. The summed E-state index contributed by atoms with van der Waals surface area (Å²) < 4.78 is 4.70. The molecule has 0 aliphatic rings. The molecule has 0 bridgehead atoms. The SMILES string of the molecule is N#Cc1cccc(-c2ccc(-n3c4ccccc4c4ccccc43)cc2-c2ccc(-n3c4ccccc4c4ccccc43)cc2)c1. The first-order valence-corrected chi connectivity index (χ1v) is 15.5. The summed E-state index contributed by atoms with van der Waals surface area (Å²) in [5.41, 5.74) is 11.9. The highest BCUT2D eigenvalue weighted by atomic mass is 15.0. The van der Waals surface area contributed by atoms with E-state index in [-0.39, 0.29) is 0 Å². The quantitative estimate of drug-likeness (QED) is 0.202. The van der Waals surface area contributed by atoms with Crippen molar-refractivity contribution in [1.29, 1.82) is 5.26 Å². The van der Waals surface area contributed by atoms with Gasteiger partial charge in [-0.15, -0.1) is 0 Å². The molecule has 7 aromatic carbocycles. The Morgan fingerprint density at radius 2 is 0.848 bits per heavy atom. The molecule has 0 spiro atoms. The Morgan fingerprint density at radius 1 is 0.370 bits per heavy atom. The number of aromatic nitrogens is 2. The maximum absolute atomic E-state index is 9.68. The molecule has 3 heteroatoms. The molecule has 9 rings (SSSR count). The predicted molar refractivity (Wildman–Crippen MR) is 191 cm³/mol. The number of hydrogen-bond donors (Lipinski definition) is 0. The minimum atomic E-state index is 0.650. The van der Waals surface area contributed by atoms with E-state index < -0.39 is 0 Å². The van der Waals surface area contributed by atoms with Crippen LogP contribution in [0.1, 0.15) is 5.56 Å². The van der Waals surface area contributed by atoms with Gasteiger partial charge in [0.05, 0.1) is 33.7 Å². The van der Waals surface area contributed by atoms with Crippen LogP contribution in [0.5, 0.6) is 0 Å². The first kappa shape index (κ1) is 26.1. The highest BCUT2D eigenvalue weighted by molar-refractivity contribution is 6.10. The van der Waals surface area contributed by atoms with Gasteiger partial charge in [-0.05, 0) is 82.9 Å². The van der Waals surface area contributed by atoms with Crippen molar-refractivity contribution in [2.24, 2.45) is 0 Å². The first-order chi connectivity index (χ1) is 22.8. The van der Waals surface area contributed by atoms with E-state index >= 15 is 0 Å². The van der Waals surface area contributed by atoms with E-state index in [0.29, 0.717) is 5.56 Å². The maximum Gasteiger partial charge on any atom is 0.0991 e. The van der Waals surface area contributed by atoms with Crippen molar-refractivity contribution >= 4 is 43.6 Å². The number of nitrogens with zero attached hydrogens (tertiary/aromatic N) is 3. The molecule has 9 aromatic rings. The summed E-state index contributed by atoms with van der Waals surface area (Å²) in [6.07, 6.45) is 0. The molecule has 0 fully saturated rings. The van der Waals surface area contributed by atoms with Gasteiger partial charge in [0.25, 0.3) is 0 Å². The van der Waals surface area contributed by atoms with Crippen molar-refractivity contribution in [2.45, 2.75) is 0 Å². The van der Waals surface area contributed by atoms with Gasteiger partial charge < -0.3 is 9.13 Å². The Balaban J connectivity index is 1.26. The van der Waals surface area contributed by atoms with Crippen LogP contribution in [-0.4, -0.2) is 9.13 Å². The molecular formula is C43H27N3. The van der Waals surface area contributed by atoms with E-state index in [1.165, 1.54) is 43.6 Å². The standard InChI is InChI=1S/C43H27N3/c44-28-29-10-9-11-31(26-29)34-25-24-33(46-42-18-7-3-14-37(42)38-15-4-8-19-43(38)46)27-39(34)30-20-22-32(23-21-30)45-40-16-5-1-12-35(40)36-13-2-6-17-41(36)45/h1-27H. The van der Waals surface area contributed by atoms with Crippen LogP contribution in [0.25, 0.3) is 77.2 Å². The summed E-state index contributed by atoms with van der Waals surface area (Å²) in [6.45, 7) is 0. The predicted octanol–water partition coefficient (Wildman–Crippen LogP) is 11.1. The summed E-state index contributed by atoms with van der Waals surface area (Å²) in [5, 5.41) is 14.7. The lowest BCUT2D eigenvalue weighted by Gasteiger charge is -2.16. The molecule has 2 aromatic heterocycles. The van der Waals surface area contributed by atoms with E-state index in [9.17, 15) is 5.26 Å². The fourth-order valence-corrected chi connectivity index (χ4v) is 7.11. The van der Waals surface area contributed by atoms with Gasteiger partial charge in [0.1, 0.15) is 0 Å². The molecule has 2 heterocycles. The zero-order chi connectivity index (χ0) is 30.6. The average Bonchev–Trinajstić information content (AvgIpc) is 3.65. The van der Waals surface area contributed by atoms with Gasteiger partial charge in [0, 0.05) is 32.9 Å². The Hall–Kier alpha value is -6.37. The average molecular weight is 586 g/mol. The number of nitriles is 1. The third-order valence-corrected chi connectivity index (χ3v) is 9.16. The molecule has 0 atom stereocenters. The van der Waals surface area contributed by atoms with Crippen LogP contribution in [0.15, 0.2) is 164 Å². The Bertz CT molecular complexity index is 2540. The molecule has 46 heavy (non-hydrogen) atoms. The number of rotatable bonds is 4. The van der Waals surface area contributed by atoms with Crippen molar-refractivity contribution in [2.75, 3.05) is 0 Å². The monoisotopic (exact) mass is 585 g/mol. The smallest absolute Gasteiger partial charge is 0.0991 e. The van der Waals surface area contributed by atoms with Crippen LogP contribution >= 0.6 is 0 Å². The summed E-state index contributed by atoms with van der Waals surface area (Å²) in [4.78, 5) is 0. The second-order valence-electron chi connectivity index (χ2n) is 11.7. The zero-order valence-corrected chi connectivity index (χ0v) is 24.9. The van der Waals surface area contributed by atoms with Crippen molar-refractivity contribution in [3.63, 3.8) is 0 Å². The minimum absolute atomic E-state index is 0.650. The molecule has 0 aliphatic carbocycles. The number of benzene rings is 7. The summed E-state index contributed by atoms with van der Waals surface area (Å²) in [5.74, 6) is 0. The Kier molecular flexibility index (Phi) is 5.88. The van der Waals surface area contributed by atoms with E-state index in [1.54, 1.807) is 0 Å². The first-order valence-electron chi connectivity index (χ1n) is 15.5. The molecule has 214 valence electrons. The van der Waals surface area contributed by atoms with Crippen LogP contribution in [0.3, 0.4) is 0 Å². The van der Waals surface area contributed by atoms with Crippen molar-refractivity contribution in [3.8, 4) is 39.7 Å². The lowest BCUT2D eigenvalue weighted by molar-refractivity contribution is 1.18. The Labute approximate surface area is 266 Å². The molecule has 0 unspecified atom stereocenters. The molecule has 0 saturated heterocycles. The normalized spacial score (nSPS) is 11.5. The van der Waals surface area contributed by atoms with Gasteiger partial charge in [-0.1, -0.05) is 103 Å². The van der Waals surface area contributed by atoms with Crippen LogP contribution in [0.2, 0.25) is 0 Å². The van der Waals surface area contributed by atoms with Crippen molar-refractivity contribution in [3.05, 3.63) is 169 Å². The largest absolute Gasteiger partial charge is 0.309 e. The zero-order valence-electron chi connectivity index (χ0n) is 24.9. The molecule has 3 nitrogen and oxygen atoms in total. The second kappa shape index (κ2) is 10.4. The molecular weight excluding hydrogens is 558 g/mol. The van der Waals surface area contributed by atoms with Crippen LogP contribution in [-0.2, 0) is 0 Å². The van der Waals surface area contributed by atoms with Crippen molar-refractivity contribution < 1.29 is 0 Å². The second-order valence-corrected chi connectivity index (χ2v) is 11.7. The molecule has 0 N–H and O–H groups in total. The maximum atomic E-state index is 9.68. The van der Waals surface area contributed by atoms with Gasteiger partial charge >= 0.3 is 0 Å². The van der Waals surface area contributed by atoms with E-state index in [0.717, 1.165) is 33.6 Å². The van der Waals surface area contributed by atoms with Gasteiger partial charge in [-0.2, -0.15) is 5.26 Å². The van der Waals surface area contributed by atoms with E-state index in [1.807, 2.05) is 18.2 Å². The number of hydrogen-bond acceptors (Lipinski definition) is 1. The van der Waals surface area contributed by atoms with Gasteiger partial charge in [0.15, 0.2) is 0 Å². The van der Waals surface area contributed by atoms with Gasteiger partial charge in [0.2, 0.25) is 0 Å². The fraction of sp³-hybridized carbons (Fsp3) is 0. The van der Waals surface area contributed by atoms with Gasteiger partial charge in [-0.25, -0.2) is 0 Å². The third-order valence-electron chi connectivity index (χ3n) is 9.16. The molecule has 0 saturated carbocycles. The van der Waals surface area contributed by atoms with Crippen LogP contribution in [0.4, 0.5) is 0 Å². The number of para-hydroxylation sites is 4. The van der Waals surface area contributed by atoms with Crippen LogP contribution in [0, 0.1) is 11.3 Å². The van der Waals surface area contributed by atoms with Gasteiger partial charge in [-0.3, -0.25) is 0 Å². The molecule has 0 radical (unpaired) electrons. The number of fused-ring (bicyclic) bond motifs is 6. The summed E-state index contributed by atoms with van der Waals surface area (Å²) in [7, 11) is 0. The minimum Gasteiger partial charge on any atom is -0.309 e. The summed E-state index contributed by atoms with van der Waals surface area (Å²) >= 11 is 0. The van der Waals surface area contributed by atoms with E-state index in [2.05, 4.69) is 161 Å². The van der Waals surface area contributed by atoms with Crippen molar-refractivity contribution in [1.82, 2.24) is 9.13 Å². The molecule has 0 amide bonds. The highest BCUT2D eigenvalue weighted by Gasteiger charge is 2.16.